The minimum Gasteiger partial charge on any atom is -0.508 e. The number of rotatable bonds is 4. The highest BCUT2D eigenvalue weighted by Gasteiger charge is 2.26. The number of nitrogens with two attached hydrogens (primary N) is 1. The van der Waals surface area contributed by atoms with Crippen LogP contribution in [0.2, 0.25) is 0 Å². The first-order valence-corrected chi connectivity index (χ1v) is 4.49. The molecule has 0 saturated carbocycles. The number of halogens is 3. The Labute approximate surface area is 104 Å². The number of methoxy groups -OCH3 is 2. The van der Waals surface area contributed by atoms with Gasteiger partial charge >= 0.3 is 0 Å². The van der Waals surface area contributed by atoms with Gasteiger partial charge in [0.15, 0.2) is 0 Å². The van der Waals surface area contributed by atoms with E-state index in [0.29, 0.717) is 0 Å². The molecule has 0 unspecified atom stereocenters. The SMILES string of the molecule is COc1cc(O)cc(OC)c1[C@@H](N)C(F)F.Cl. The number of phenolic OH excluding ortho intramolecular Hbond substituents is 1. The van der Waals surface area contributed by atoms with Gasteiger partial charge in [0, 0.05) is 12.1 Å². The van der Waals surface area contributed by atoms with E-state index < -0.39 is 12.5 Å². The minimum absolute atomic E-state index is 0. The third kappa shape index (κ3) is 3.34. The Morgan fingerprint density at radius 2 is 1.59 bits per heavy atom. The number of phenols is 1. The van der Waals surface area contributed by atoms with Crippen LogP contribution in [0.15, 0.2) is 12.1 Å². The number of hydrogen-bond acceptors (Lipinski definition) is 4. The molecule has 4 nitrogen and oxygen atoms in total. The Hall–Kier alpha value is -1.27. The maximum absolute atomic E-state index is 12.5. The standard InChI is InChI=1S/C10H13F2NO3.ClH/c1-15-6-3-5(14)4-7(16-2)8(6)9(13)10(11)12;/h3-4,9-10,14H,13H2,1-2H3;1H/t9-;/m1./s1. The van der Waals surface area contributed by atoms with E-state index in [-0.39, 0.29) is 35.2 Å². The topological polar surface area (TPSA) is 64.7 Å². The van der Waals surface area contributed by atoms with Crippen LogP contribution in [0.5, 0.6) is 17.2 Å². The fraction of sp³-hybridized carbons (Fsp3) is 0.400. The first-order valence-electron chi connectivity index (χ1n) is 4.49. The molecule has 0 fully saturated rings. The van der Waals surface area contributed by atoms with E-state index in [1.165, 1.54) is 26.4 Å². The van der Waals surface area contributed by atoms with E-state index >= 15 is 0 Å². The predicted molar refractivity (Wildman–Crippen MR) is 61.4 cm³/mol. The lowest BCUT2D eigenvalue weighted by atomic mass is 10.0. The summed E-state index contributed by atoms with van der Waals surface area (Å²) in [5.74, 6) is 0.00761. The largest absolute Gasteiger partial charge is 0.508 e. The lowest BCUT2D eigenvalue weighted by Gasteiger charge is -2.18. The van der Waals surface area contributed by atoms with E-state index in [4.69, 9.17) is 15.2 Å². The second-order valence-electron chi connectivity index (χ2n) is 3.12. The highest BCUT2D eigenvalue weighted by molar-refractivity contribution is 5.85. The van der Waals surface area contributed by atoms with Crippen molar-refractivity contribution in [3.63, 3.8) is 0 Å². The van der Waals surface area contributed by atoms with Crippen LogP contribution in [-0.2, 0) is 0 Å². The predicted octanol–water partition coefficient (Wildman–Crippen LogP) is 2.10. The molecule has 0 spiro atoms. The molecule has 0 aromatic heterocycles. The van der Waals surface area contributed by atoms with Crippen LogP contribution < -0.4 is 15.2 Å². The molecule has 0 radical (unpaired) electrons. The summed E-state index contributed by atoms with van der Waals surface area (Å²) in [6.07, 6.45) is -2.74. The summed E-state index contributed by atoms with van der Waals surface area (Å²) in [5, 5.41) is 9.31. The fourth-order valence-electron chi connectivity index (χ4n) is 1.38. The molecule has 0 aliphatic heterocycles. The maximum atomic E-state index is 12.5. The average Bonchev–Trinajstić information content (AvgIpc) is 2.26. The molecule has 0 amide bonds. The molecule has 17 heavy (non-hydrogen) atoms. The van der Waals surface area contributed by atoms with Crippen molar-refractivity contribution in [1.29, 1.82) is 0 Å². The minimum atomic E-state index is -2.74. The highest BCUT2D eigenvalue weighted by atomic mass is 35.5. The van der Waals surface area contributed by atoms with Crippen molar-refractivity contribution in [2.24, 2.45) is 5.73 Å². The normalized spacial score (nSPS) is 11.9. The van der Waals surface area contributed by atoms with Crippen molar-refractivity contribution in [2.75, 3.05) is 14.2 Å². The van der Waals surface area contributed by atoms with Crippen LogP contribution in [0, 0.1) is 0 Å². The molecule has 1 rings (SSSR count). The monoisotopic (exact) mass is 269 g/mol. The van der Waals surface area contributed by atoms with Crippen molar-refractivity contribution in [3.8, 4) is 17.2 Å². The lowest BCUT2D eigenvalue weighted by molar-refractivity contribution is 0.113. The Morgan fingerprint density at radius 3 is 1.88 bits per heavy atom. The molecular weight excluding hydrogens is 256 g/mol. The zero-order valence-electron chi connectivity index (χ0n) is 9.31. The van der Waals surface area contributed by atoms with Gasteiger partial charge in [0.2, 0.25) is 0 Å². The van der Waals surface area contributed by atoms with Gasteiger partial charge in [-0.2, -0.15) is 0 Å². The molecule has 0 aliphatic carbocycles. The van der Waals surface area contributed by atoms with Gasteiger partial charge in [-0.05, 0) is 0 Å². The van der Waals surface area contributed by atoms with Gasteiger partial charge in [-0.25, -0.2) is 8.78 Å². The summed E-state index contributed by atoms with van der Waals surface area (Å²) < 4.78 is 34.9. The summed E-state index contributed by atoms with van der Waals surface area (Å²) in [4.78, 5) is 0. The lowest BCUT2D eigenvalue weighted by Crippen LogP contribution is -2.20. The molecule has 0 heterocycles. The zero-order valence-corrected chi connectivity index (χ0v) is 10.1. The molecule has 3 N–H and O–H groups in total. The summed E-state index contributed by atoms with van der Waals surface area (Å²) in [7, 11) is 2.60. The number of benzene rings is 1. The molecule has 7 heteroatoms. The van der Waals surface area contributed by atoms with E-state index in [1.807, 2.05) is 0 Å². The first-order chi connectivity index (χ1) is 7.51. The van der Waals surface area contributed by atoms with Gasteiger partial charge in [-0.1, -0.05) is 0 Å². The summed E-state index contributed by atoms with van der Waals surface area (Å²) in [5.41, 5.74) is 5.39. The number of alkyl halides is 2. The van der Waals surface area contributed by atoms with Gasteiger partial charge < -0.3 is 20.3 Å². The van der Waals surface area contributed by atoms with Crippen molar-refractivity contribution in [2.45, 2.75) is 12.5 Å². The Balaban J connectivity index is 0.00000256. The molecular formula is C10H14ClF2NO3. The molecule has 98 valence electrons. The maximum Gasteiger partial charge on any atom is 0.257 e. The van der Waals surface area contributed by atoms with Gasteiger partial charge in [0.1, 0.15) is 17.2 Å². The quantitative estimate of drug-likeness (QED) is 0.879. The van der Waals surface area contributed by atoms with E-state index in [0.717, 1.165) is 0 Å². The van der Waals surface area contributed by atoms with Gasteiger partial charge in [0.25, 0.3) is 6.43 Å². The zero-order chi connectivity index (χ0) is 12.3. The number of ether oxygens (including phenoxy) is 2. The first kappa shape index (κ1) is 15.7. The van der Waals surface area contributed by atoms with Crippen molar-refractivity contribution in [3.05, 3.63) is 17.7 Å². The third-order valence-corrected chi connectivity index (χ3v) is 2.13. The average molecular weight is 270 g/mol. The van der Waals surface area contributed by atoms with E-state index in [1.54, 1.807) is 0 Å². The highest BCUT2D eigenvalue weighted by Crippen LogP contribution is 2.38. The van der Waals surface area contributed by atoms with E-state index in [2.05, 4.69) is 0 Å². The van der Waals surface area contributed by atoms with Crippen LogP contribution in [0.3, 0.4) is 0 Å². The molecule has 1 aromatic rings. The van der Waals surface area contributed by atoms with E-state index in [9.17, 15) is 13.9 Å². The number of aromatic hydroxyl groups is 1. The molecule has 0 saturated heterocycles. The summed E-state index contributed by atoms with van der Waals surface area (Å²) in [6, 6.07) is 0.894. The van der Waals surface area contributed by atoms with Crippen LogP contribution in [-0.4, -0.2) is 25.8 Å². The van der Waals surface area contributed by atoms with Crippen molar-refractivity contribution in [1.82, 2.24) is 0 Å². The second kappa shape index (κ2) is 6.46. The van der Waals surface area contributed by atoms with Crippen LogP contribution in [0.25, 0.3) is 0 Å². The van der Waals surface area contributed by atoms with Crippen LogP contribution >= 0.6 is 12.4 Å². The third-order valence-electron chi connectivity index (χ3n) is 2.13. The van der Waals surface area contributed by atoms with Crippen LogP contribution in [0.1, 0.15) is 11.6 Å². The molecule has 0 aliphatic rings. The number of hydrogen-bond donors (Lipinski definition) is 2. The Bertz CT molecular complexity index is 352. The van der Waals surface area contributed by atoms with Gasteiger partial charge in [-0.3, -0.25) is 0 Å². The van der Waals surface area contributed by atoms with Gasteiger partial charge in [-0.15, -0.1) is 12.4 Å². The van der Waals surface area contributed by atoms with Crippen molar-refractivity contribution < 1.29 is 23.4 Å². The molecule has 0 bridgehead atoms. The smallest absolute Gasteiger partial charge is 0.257 e. The molecule has 1 aromatic carbocycles. The Kier molecular flexibility index (Phi) is 5.98. The summed E-state index contributed by atoms with van der Waals surface area (Å²) >= 11 is 0. The van der Waals surface area contributed by atoms with Gasteiger partial charge in [0.05, 0.1) is 25.8 Å². The molecule has 1 atom stereocenters. The van der Waals surface area contributed by atoms with Crippen LogP contribution in [0.4, 0.5) is 8.78 Å². The fourth-order valence-corrected chi connectivity index (χ4v) is 1.38. The second-order valence-corrected chi connectivity index (χ2v) is 3.12. The van der Waals surface area contributed by atoms with Crippen molar-refractivity contribution >= 4 is 12.4 Å². The Morgan fingerprint density at radius 1 is 1.18 bits per heavy atom. The summed E-state index contributed by atoms with van der Waals surface area (Å²) in [6.45, 7) is 0.